The summed E-state index contributed by atoms with van der Waals surface area (Å²) in [4.78, 5) is 39.4. The summed E-state index contributed by atoms with van der Waals surface area (Å²) < 4.78 is 10.4. The van der Waals surface area contributed by atoms with Gasteiger partial charge in [-0.25, -0.2) is 9.59 Å². The maximum Gasteiger partial charge on any atom is 0.410 e. The Morgan fingerprint density at radius 2 is 1.54 bits per heavy atom. The van der Waals surface area contributed by atoms with Crippen molar-refractivity contribution in [3.8, 4) is 0 Å². The highest BCUT2D eigenvalue weighted by molar-refractivity contribution is 6.05. The Morgan fingerprint density at radius 1 is 0.919 bits per heavy atom. The van der Waals surface area contributed by atoms with E-state index in [0.29, 0.717) is 48.4 Å². The third kappa shape index (κ3) is 7.71. The molecule has 0 spiro atoms. The first-order chi connectivity index (χ1) is 17.3. The monoisotopic (exact) mass is 509 g/mol. The van der Waals surface area contributed by atoms with Gasteiger partial charge in [-0.1, -0.05) is 32.9 Å². The van der Waals surface area contributed by atoms with Crippen LogP contribution in [0.4, 0.5) is 16.2 Å². The molecule has 2 aromatic carbocycles. The second-order valence-electron chi connectivity index (χ2n) is 11.4. The Kier molecular flexibility index (Phi) is 8.51. The number of benzene rings is 2. The second kappa shape index (κ2) is 11.2. The number of likely N-dealkylation sites (tertiary alicyclic amines) is 1. The van der Waals surface area contributed by atoms with E-state index in [1.165, 1.54) is 7.11 Å². The molecule has 2 amide bonds. The van der Waals surface area contributed by atoms with E-state index in [4.69, 9.17) is 9.47 Å². The van der Waals surface area contributed by atoms with Crippen LogP contribution >= 0.6 is 0 Å². The minimum absolute atomic E-state index is 0.00233. The number of piperidine rings is 1. The van der Waals surface area contributed by atoms with Crippen molar-refractivity contribution in [1.29, 1.82) is 0 Å². The van der Waals surface area contributed by atoms with Crippen LogP contribution in [0.1, 0.15) is 80.7 Å². The fourth-order valence-corrected chi connectivity index (χ4v) is 4.11. The summed E-state index contributed by atoms with van der Waals surface area (Å²) in [6.07, 6.45) is 1.06. The number of hydrogen-bond donors (Lipinski definition) is 2. The summed E-state index contributed by atoms with van der Waals surface area (Å²) >= 11 is 0. The van der Waals surface area contributed by atoms with E-state index in [-0.39, 0.29) is 23.5 Å². The van der Waals surface area contributed by atoms with Crippen molar-refractivity contribution in [3.63, 3.8) is 0 Å². The Balaban J connectivity index is 1.70. The van der Waals surface area contributed by atoms with Gasteiger partial charge < -0.3 is 25.0 Å². The number of carbonyl (C=O) groups is 3. The van der Waals surface area contributed by atoms with Gasteiger partial charge in [0.25, 0.3) is 5.91 Å². The third-order valence-corrected chi connectivity index (χ3v) is 6.20. The number of amides is 2. The highest BCUT2D eigenvalue weighted by atomic mass is 16.6. The molecule has 8 heteroatoms. The predicted octanol–water partition coefficient (Wildman–Crippen LogP) is 5.83. The summed E-state index contributed by atoms with van der Waals surface area (Å²) in [5.41, 5.74) is 2.67. The molecule has 37 heavy (non-hydrogen) atoms. The maximum atomic E-state index is 12.9. The Hall–Kier alpha value is -3.55. The zero-order valence-corrected chi connectivity index (χ0v) is 22.9. The van der Waals surface area contributed by atoms with E-state index in [1.807, 2.05) is 45.0 Å². The van der Waals surface area contributed by atoms with E-state index in [2.05, 4.69) is 31.4 Å². The van der Waals surface area contributed by atoms with Crippen LogP contribution in [0.15, 0.2) is 42.5 Å². The van der Waals surface area contributed by atoms with Crippen molar-refractivity contribution < 1.29 is 23.9 Å². The molecule has 0 bridgehead atoms. The Labute approximate surface area is 219 Å². The van der Waals surface area contributed by atoms with Crippen LogP contribution in [0.2, 0.25) is 0 Å². The first-order valence-electron chi connectivity index (χ1n) is 12.7. The van der Waals surface area contributed by atoms with Gasteiger partial charge in [-0.2, -0.15) is 0 Å². The smallest absolute Gasteiger partial charge is 0.410 e. The molecule has 8 nitrogen and oxygen atoms in total. The normalized spacial score (nSPS) is 14.6. The lowest BCUT2D eigenvalue weighted by atomic mass is 9.87. The molecule has 3 rings (SSSR count). The maximum absolute atomic E-state index is 12.9. The van der Waals surface area contributed by atoms with Crippen LogP contribution in [0.3, 0.4) is 0 Å². The lowest BCUT2D eigenvalue weighted by Gasteiger charge is -2.34. The minimum atomic E-state index is -0.541. The predicted molar refractivity (Wildman–Crippen MR) is 145 cm³/mol. The van der Waals surface area contributed by atoms with Gasteiger partial charge >= 0.3 is 12.1 Å². The topological polar surface area (TPSA) is 97.0 Å². The number of nitrogens with zero attached hydrogens (tertiary/aromatic N) is 1. The standard InChI is InChI=1S/C29H39N3O5/c1-28(2,3)20-10-8-19(9-11-20)25(33)31-22-12-13-23(26(34)36-7)24(18-22)30-21-14-16-32(17-15-21)27(35)37-29(4,5)6/h8-13,18,21,30H,14-17H2,1-7H3,(H,31,33). The molecule has 2 N–H and O–H groups in total. The summed E-state index contributed by atoms with van der Waals surface area (Å²) in [6, 6.07) is 12.7. The molecular formula is C29H39N3O5. The second-order valence-corrected chi connectivity index (χ2v) is 11.4. The Bertz CT molecular complexity index is 1120. The molecule has 0 radical (unpaired) electrons. The first-order valence-corrected chi connectivity index (χ1v) is 12.7. The lowest BCUT2D eigenvalue weighted by molar-refractivity contribution is 0.0210. The van der Waals surface area contributed by atoms with Crippen LogP contribution in [-0.4, -0.2) is 54.7 Å². The largest absolute Gasteiger partial charge is 0.465 e. The van der Waals surface area contributed by atoms with Crippen LogP contribution in [0.5, 0.6) is 0 Å². The number of methoxy groups -OCH3 is 1. The summed E-state index contributed by atoms with van der Waals surface area (Å²) in [7, 11) is 1.34. The van der Waals surface area contributed by atoms with Gasteiger partial charge in [-0.15, -0.1) is 0 Å². The van der Waals surface area contributed by atoms with E-state index in [9.17, 15) is 14.4 Å². The highest BCUT2D eigenvalue weighted by Crippen LogP contribution is 2.27. The lowest BCUT2D eigenvalue weighted by Crippen LogP contribution is -2.44. The SMILES string of the molecule is COC(=O)c1ccc(NC(=O)c2ccc(C(C)(C)C)cc2)cc1NC1CCN(C(=O)OC(C)(C)C)CC1. The fraction of sp³-hybridized carbons (Fsp3) is 0.483. The molecule has 200 valence electrons. The molecule has 0 aliphatic carbocycles. The molecule has 1 fully saturated rings. The molecule has 1 heterocycles. The molecule has 0 unspecified atom stereocenters. The number of ether oxygens (including phenoxy) is 2. The van der Waals surface area contributed by atoms with Crippen molar-refractivity contribution >= 4 is 29.3 Å². The van der Waals surface area contributed by atoms with Crippen LogP contribution in [0.25, 0.3) is 0 Å². The van der Waals surface area contributed by atoms with E-state index >= 15 is 0 Å². The average Bonchev–Trinajstić information content (AvgIpc) is 2.82. The average molecular weight is 510 g/mol. The van der Waals surface area contributed by atoms with Crippen LogP contribution in [0, 0.1) is 0 Å². The molecule has 0 saturated carbocycles. The molecule has 0 atom stereocenters. The number of esters is 1. The Morgan fingerprint density at radius 3 is 2.08 bits per heavy atom. The zero-order valence-electron chi connectivity index (χ0n) is 22.9. The van der Waals surface area contributed by atoms with Crippen molar-refractivity contribution in [2.45, 2.75) is 71.4 Å². The van der Waals surface area contributed by atoms with Crippen LogP contribution in [-0.2, 0) is 14.9 Å². The molecule has 1 aliphatic rings. The molecule has 1 saturated heterocycles. The van der Waals surface area contributed by atoms with Crippen molar-refractivity contribution in [3.05, 3.63) is 59.2 Å². The fourth-order valence-electron chi connectivity index (χ4n) is 4.11. The highest BCUT2D eigenvalue weighted by Gasteiger charge is 2.27. The third-order valence-electron chi connectivity index (χ3n) is 6.20. The number of rotatable bonds is 5. The zero-order chi connectivity index (χ0) is 27.4. The van der Waals surface area contributed by atoms with Crippen molar-refractivity contribution in [1.82, 2.24) is 4.90 Å². The van der Waals surface area contributed by atoms with E-state index in [0.717, 1.165) is 5.56 Å². The quantitative estimate of drug-likeness (QED) is 0.492. The van der Waals surface area contributed by atoms with Gasteiger partial charge in [0.15, 0.2) is 0 Å². The summed E-state index contributed by atoms with van der Waals surface area (Å²) in [5.74, 6) is -0.702. The van der Waals surface area contributed by atoms with Gasteiger partial charge in [0.05, 0.1) is 18.4 Å². The number of anilines is 2. The van der Waals surface area contributed by atoms with Crippen LogP contribution < -0.4 is 10.6 Å². The number of carbonyl (C=O) groups excluding carboxylic acids is 3. The van der Waals surface area contributed by atoms with Gasteiger partial charge in [0.2, 0.25) is 0 Å². The van der Waals surface area contributed by atoms with Crippen molar-refractivity contribution in [2.75, 3.05) is 30.8 Å². The molecular weight excluding hydrogens is 470 g/mol. The van der Waals surface area contributed by atoms with E-state index in [1.54, 1.807) is 23.1 Å². The molecule has 0 aromatic heterocycles. The van der Waals surface area contributed by atoms with Crippen molar-refractivity contribution in [2.24, 2.45) is 0 Å². The minimum Gasteiger partial charge on any atom is -0.465 e. The summed E-state index contributed by atoms with van der Waals surface area (Å²) in [6.45, 7) is 13.0. The van der Waals surface area contributed by atoms with Gasteiger partial charge in [0, 0.05) is 30.4 Å². The number of nitrogens with one attached hydrogen (secondary N) is 2. The molecule has 1 aliphatic heterocycles. The van der Waals surface area contributed by atoms with Gasteiger partial charge in [0.1, 0.15) is 5.60 Å². The van der Waals surface area contributed by atoms with E-state index < -0.39 is 11.6 Å². The number of hydrogen-bond acceptors (Lipinski definition) is 6. The van der Waals surface area contributed by atoms with Gasteiger partial charge in [-0.3, -0.25) is 4.79 Å². The van der Waals surface area contributed by atoms with Gasteiger partial charge in [-0.05, 0) is 74.9 Å². The molecule has 2 aromatic rings. The first kappa shape index (κ1) is 28.0. The summed E-state index contributed by atoms with van der Waals surface area (Å²) in [5, 5.41) is 6.34.